The summed E-state index contributed by atoms with van der Waals surface area (Å²) < 4.78 is 27.6. The molecular formula is C52H55N9O20S2. The number of alkyl carbamates (subject to hydrolysis) is 1. The Hall–Kier alpha value is -8.62. The predicted molar refractivity (Wildman–Crippen MR) is 291 cm³/mol. The van der Waals surface area contributed by atoms with Crippen molar-refractivity contribution in [2.75, 3.05) is 43.4 Å². The van der Waals surface area contributed by atoms with Gasteiger partial charge in [-0.3, -0.25) is 29.0 Å². The highest BCUT2D eigenvalue weighted by Gasteiger charge is 2.51. The Labute approximate surface area is 476 Å². The van der Waals surface area contributed by atoms with Crippen molar-refractivity contribution < 1.29 is 92.7 Å². The lowest BCUT2D eigenvalue weighted by atomic mass is 9.73. The molecule has 13 N–H and O–H groups in total. The number of carboxylic acids is 2. The van der Waals surface area contributed by atoms with Crippen LogP contribution in [0, 0.1) is 0 Å². The number of esters is 1. The van der Waals surface area contributed by atoms with Crippen LogP contribution in [-0.2, 0) is 51.1 Å². The largest absolute Gasteiger partial charge is 0.507 e. The lowest BCUT2D eigenvalue weighted by molar-refractivity contribution is -0.250. The van der Waals surface area contributed by atoms with Gasteiger partial charge >= 0.3 is 24.0 Å². The van der Waals surface area contributed by atoms with E-state index in [4.69, 9.17) is 29.4 Å². The predicted octanol–water partition coefficient (Wildman–Crippen LogP) is 1.22. The smallest absolute Gasteiger partial charge is 0.407 e. The second-order valence-corrected chi connectivity index (χ2v) is 21.8. The number of phenols is 2. The maximum Gasteiger partial charge on any atom is 0.407 e. The summed E-state index contributed by atoms with van der Waals surface area (Å²) in [4.78, 5) is 131. The van der Waals surface area contributed by atoms with Gasteiger partial charge in [-0.05, 0) is 43.7 Å². The van der Waals surface area contributed by atoms with E-state index in [0.29, 0.717) is 11.4 Å². The molecule has 2 aromatic heterocycles. The summed E-state index contributed by atoms with van der Waals surface area (Å²) in [6, 6.07) is 6.13. The maximum absolute atomic E-state index is 14.0. The number of nitrogens with zero attached hydrogens (tertiary/aromatic N) is 3. The highest BCUT2D eigenvalue weighted by Crippen LogP contribution is 2.52. The molecule has 1 saturated heterocycles. The molecule has 3 heterocycles. The summed E-state index contributed by atoms with van der Waals surface area (Å²) in [5.74, 6) is -8.95. The van der Waals surface area contributed by atoms with E-state index in [9.17, 15) is 73.8 Å². The Morgan fingerprint density at radius 2 is 1.65 bits per heavy atom. The number of anilines is 2. The van der Waals surface area contributed by atoms with Crippen molar-refractivity contribution in [3.05, 3.63) is 104 Å². The molecule has 8 rings (SSSR count). The third-order valence-corrected chi connectivity index (χ3v) is 16.1. The molecule has 1 aliphatic heterocycles. The first-order valence-corrected chi connectivity index (χ1v) is 27.8. The number of amides is 3. The van der Waals surface area contributed by atoms with Crippen molar-refractivity contribution in [1.82, 2.24) is 35.9 Å². The van der Waals surface area contributed by atoms with Gasteiger partial charge in [-0.15, -0.1) is 0 Å². The average molecular weight is 1190 g/mol. The van der Waals surface area contributed by atoms with Crippen molar-refractivity contribution in [2.24, 2.45) is 0 Å². The number of hydrogen-bond donors (Lipinski definition) is 12. The first kappa shape index (κ1) is 60.5. The molecule has 440 valence electrons. The number of fused-ring (bicyclic) bond motifs is 4. The summed E-state index contributed by atoms with van der Waals surface area (Å²) in [6.45, 7) is 1.38. The molecule has 0 bridgehead atoms. The summed E-state index contributed by atoms with van der Waals surface area (Å²) in [7, 11) is 4.40. The third-order valence-electron chi connectivity index (χ3n) is 13.7. The molecule has 1 fully saturated rings. The molecule has 8 atom stereocenters. The van der Waals surface area contributed by atoms with Gasteiger partial charge in [0.15, 0.2) is 28.8 Å². The molecule has 0 spiro atoms. The number of aromatic nitrogens is 4. The number of aliphatic hydroxyl groups is 2. The highest BCUT2D eigenvalue weighted by atomic mass is 33.1. The summed E-state index contributed by atoms with van der Waals surface area (Å²) in [6.07, 6.45) is -7.28. The van der Waals surface area contributed by atoms with Crippen LogP contribution in [-0.4, -0.2) is 173 Å². The standard InChI is InChI=1S/C52H55N9O20S2/c1-21-39(63)28(15-33(80-21)81-31-17-52(76,49(74)78-3)16-26-35(31)43(67)37-36(41(26)65)40(64)25-5-4-6-30(77-2)34(25)42(37)66)59-51(75)79-13-14-82-83-20-29(48(72)73)57-32(62)12-11-27(47(70)71)58-45(68)22-7-9-23(10-8-22)54-18-24-19-55-44-38(56-24)46(69)61-50(53)60-44/h4-10,19,21,27-29,31,33,39,54,63,65,67,76H,11-18,20H2,1-3H3,(H,57,62)(H,58,68)(H,59,75)(H,70,71)(H,72,73)(H3,53,55,60,61,69)/t21?,27?,28?,29?,31?,33?,39?,52-/m0/s1. The van der Waals surface area contributed by atoms with Gasteiger partial charge in [-0.25, -0.2) is 29.1 Å². The summed E-state index contributed by atoms with van der Waals surface area (Å²) in [5, 5.41) is 76.1. The van der Waals surface area contributed by atoms with Crippen LogP contribution >= 0.6 is 21.6 Å². The molecule has 3 amide bonds. The molecule has 3 aliphatic rings. The van der Waals surface area contributed by atoms with Gasteiger partial charge in [0.1, 0.15) is 42.0 Å². The topological polar surface area (TPSA) is 450 Å². The number of nitrogens with one attached hydrogen (secondary N) is 5. The molecule has 0 saturated carbocycles. The summed E-state index contributed by atoms with van der Waals surface area (Å²) >= 11 is 0. The fourth-order valence-corrected chi connectivity index (χ4v) is 11.6. The van der Waals surface area contributed by atoms with Crippen molar-refractivity contribution in [3.8, 4) is 17.2 Å². The Morgan fingerprint density at radius 3 is 2.35 bits per heavy atom. The van der Waals surface area contributed by atoms with E-state index < -0.39 is 143 Å². The fourth-order valence-electron chi connectivity index (χ4n) is 9.58. The van der Waals surface area contributed by atoms with Crippen LogP contribution < -0.4 is 37.3 Å². The minimum Gasteiger partial charge on any atom is -0.507 e. The van der Waals surface area contributed by atoms with Gasteiger partial charge in [0, 0.05) is 65.1 Å². The van der Waals surface area contributed by atoms with Gasteiger partial charge < -0.3 is 81.3 Å². The fraction of sp³-hybridized carbons (Fsp3) is 0.385. The Morgan fingerprint density at radius 1 is 0.928 bits per heavy atom. The van der Waals surface area contributed by atoms with E-state index in [1.807, 2.05) is 0 Å². The SMILES string of the molecule is COC(=O)[C@]1(O)Cc2c(O)c3c(c(O)c2C(OC2CC(NC(=O)OCCSSCC(NC(=O)CCC(NC(=O)c4ccc(NCc5cnc6nc(N)[nH]c(=O)c6n5)cc4)C(=O)O)C(=O)O)C(O)C(C)O2)C1)C(=O)c1c(OC)cccc1C3=O. The molecule has 5 aromatic rings. The van der Waals surface area contributed by atoms with Gasteiger partial charge in [0.2, 0.25) is 17.6 Å². The van der Waals surface area contributed by atoms with Crippen LogP contribution in [0.4, 0.5) is 16.4 Å². The summed E-state index contributed by atoms with van der Waals surface area (Å²) in [5.41, 5.74) is 1.73. The highest BCUT2D eigenvalue weighted by molar-refractivity contribution is 8.76. The number of carboxylic acid groups (broad SMARTS) is 2. The normalized spacial score (nSPS) is 20.6. The number of carbonyl (C=O) groups is 8. The van der Waals surface area contributed by atoms with Crippen molar-refractivity contribution in [1.29, 1.82) is 0 Å². The number of aromatic amines is 1. The number of ketones is 2. The number of aromatic hydroxyl groups is 2. The van der Waals surface area contributed by atoms with Crippen LogP contribution in [0.2, 0.25) is 0 Å². The van der Waals surface area contributed by atoms with Crippen LogP contribution in [0.25, 0.3) is 11.2 Å². The van der Waals surface area contributed by atoms with Crippen LogP contribution in [0.15, 0.2) is 53.5 Å². The molecule has 0 radical (unpaired) electrons. The van der Waals surface area contributed by atoms with E-state index in [2.05, 4.69) is 41.2 Å². The lowest BCUT2D eigenvalue weighted by Gasteiger charge is -2.42. The zero-order valence-corrected chi connectivity index (χ0v) is 45.8. The van der Waals surface area contributed by atoms with E-state index in [0.717, 1.165) is 28.7 Å². The number of nitrogens with two attached hydrogens (primary N) is 1. The number of hydrogen-bond acceptors (Lipinski definition) is 25. The van der Waals surface area contributed by atoms with E-state index in [1.165, 1.54) is 50.6 Å². The molecule has 7 unspecified atom stereocenters. The van der Waals surface area contributed by atoms with E-state index >= 15 is 0 Å². The number of H-pyrrole nitrogens is 1. The first-order chi connectivity index (χ1) is 39.5. The lowest BCUT2D eigenvalue weighted by Crippen LogP contribution is -2.56. The van der Waals surface area contributed by atoms with Crippen molar-refractivity contribution in [2.45, 2.75) is 93.9 Å². The van der Waals surface area contributed by atoms with Crippen molar-refractivity contribution in [3.63, 3.8) is 0 Å². The zero-order valence-electron chi connectivity index (χ0n) is 44.2. The van der Waals surface area contributed by atoms with E-state index in [-0.39, 0.29) is 88.2 Å². The quantitative estimate of drug-likeness (QED) is 0.0197. The zero-order chi connectivity index (χ0) is 60.0. The van der Waals surface area contributed by atoms with Crippen LogP contribution in [0.3, 0.4) is 0 Å². The minimum absolute atomic E-state index is 0.00416. The number of rotatable bonds is 22. The monoisotopic (exact) mass is 1190 g/mol. The number of benzene rings is 3. The number of ether oxygens (including phenoxy) is 5. The Kier molecular flexibility index (Phi) is 18.7. The number of carbonyl (C=O) groups excluding carboxylic acids is 6. The third kappa shape index (κ3) is 13.3. The second kappa shape index (κ2) is 25.7. The van der Waals surface area contributed by atoms with Gasteiger partial charge in [-0.1, -0.05) is 33.7 Å². The molecule has 3 aromatic carbocycles. The molecule has 31 heteroatoms. The van der Waals surface area contributed by atoms with Crippen LogP contribution in [0.1, 0.15) is 97.7 Å². The molecular weight excluding hydrogens is 1130 g/mol. The van der Waals surface area contributed by atoms with E-state index in [1.54, 1.807) is 12.1 Å². The number of aliphatic hydroxyl groups excluding tert-OH is 1. The van der Waals surface area contributed by atoms with Gasteiger partial charge in [0.05, 0.1) is 67.6 Å². The minimum atomic E-state index is -2.40. The number of phenolic OH excluding ortho intramolecular Hbond substituents is 2. The first-order valence-electron chi connectivity index (χ1n) is 25.3. The second-order valence-electron chi connectivity index (χ2n) is 19.2. The molecule has 83 heavy (non-hydrogen) atoms. The Bertz CT molecular complexity index is 3460. The Balaban J connectivity index is 0.789. The maximum atomic E-state index is 14.0. The number of nitrogen functional groups attached to an aromatic ring is 1. The average Bonchev–Trinajstić information content (AvgIpc) is 3.59. The number of methoxy groups -OCH3 is 2. The molecule has 29 nitrogen and oxygen atoms in total. The van der Waals surface area contributed by atoms with Crippen LogP contribution in [0.5, 0.6) is 17.2 Å². The van der Waals surface area contributed by atoms with Gasteiger partial charge in [0.25, 0.3) is 11.5 Å². The van der Waals surface area contributed by atoms with Gasteiger partial charge in [-0.2, -0.15) is 4.98 Å². The van der Waals surface area contributed by atoms with Crippen molar-refractivity contribution >= 4 is 91.8 Å². The molecule has 2 aliphatic carbocycles. The number of aliphatic carboxylic acids is 2.